The highest BCUT2D eigenvalue weighted by molar-refractivity contribution is 7.99. The van der Waals surface area contributed by atoms with Crippen LogP contribution in [0.15, 0.2) is 77.0 Å². The van der Waals surface area contributed by atoms with Crippen LogP contribution in [0.4, 0.5) is 5.69 Å². The number of pyridine rings is 1. The normalized spacial score (nSPS) is 10.8. The Bertz CT molecular complexity index is 1310. The van der Waals surface area contributed by atoms with Crippen molar-refractivity contribution in [1.82, 2.24) is 19.7 Å². The third-order valence-electron chi connectivity index (χ3n) is 5.57. The number of hydrogen-bond donors (Lipinski definition) is 1. The molecule has 0 amide bonds. The van der Waals surface area contributed by atoms with E-state index in [2.05, 4.69) is 45.6 Å². The molecule has 0 saturated heterocycles. The van der Waals surface area contributed by atoms with Gasteiger partial charge in [0.2, 0.25) is 0 Å². The van der Waals surface area contributed by atoms with Gasteiger partial charge in [-0.2, -0.15) is 0 Å². The zero-order chi connectivity index (χ0) is 26.0. The number of hydrogen-bond acceptors (Lipinski definition) is 8. The van der Waals surface area contributed by atoms with Crippen LogP contribution in [0.2, 0.25) is 0 Å². The molecule has 0 fully saturated rings. The molecule has 4 aromatic rings. The summed E-state index contributed by atoms with van der Waals surface area (Å²) >= 11 is 1.55. The molecule has 2 aromatic heterocycles. The van der Waals surface area contributed by atoms with Crippen LogP contribution in [0.25, 0.3) is 11.4 Å². The van der Waals surface area contributed by atoms with Gasteiger partial charge in [-0.25, -0.2) is 0 Å². The van der Waals surface area contributed by atoms with Gasteiger partial charge in [-0.15, -0.1) is 10.2 Å². The lowest BCUT2D eigenvalue weighted by atomic mass is 10.1. The summed E-state index contributed by atoms with van der Waals surface area (Å²) in [6.45, 7) is 5.54. The first-order valence-corrected chi connectivity index (χ1v) is 13.1. The molecule has 0 unspecified atom stereocenters. The number of nitrogens with zero attached hydrogens (tertiary/aromatic N) is 4. The molecule has 0 aliphatic heterocycles. The molecular weight excluding hydrogens is 486 g/mol. The van der Waals surface area contributed by atoms with Gasteiger partial charge >= 0.3 is 5.97 Å². The fourth-order valence-corrected chi connectivity index (χ4v) is 4.49. The fourth-order valence-electron chi connectivity index (χ4n) is 3.67. The van der Waals surface area contributed by atoms with Gasteiger partial charge < -0.3 is 19.4 Å². The van der Waals surface area contributed by atoms with Gasteiger partial charge in [0.1, 0.15) is 5.75 Å². The number of aromatic nitrogens is 4. The minimum Gasteiger partial charge on any atom is -0.493 e. The Morgan fingerprint density at radius 2 is 1.81 bits per heavy atom. The first-order valence-electron chi connectivity index (χ1n) is 12.3. The molecule has 2 aromatic carbocycles. The maximum absolute atomic E-state index is 11.7. The summed E-state index contributed by atoms with van der Waals surface area (Å²) in [7, 11) is 1.96. The molecule has 0 bridgehead atoms. The number of anilines is 1. The minimum atomic E-state index is -0.214. The molecule has 0 atom stereocenters. The summed E-state index contributed by atoms with van der Waals surface area (Å²) in [6, 6.07) is 17.9. The van der Waals surface area contributed by atoms with Crippen molar-refractivity contribution in [2.75, 3.05) is 18.5 Å². The average Bonchev–Trinajstić information content (AvgIpc) is 3.28. The van der Waals surface area contributed by atoms with E-state index in [-0.39, 0.29) is 12.4 Å². The third-order valence-corrected chi connectivity index (χ3v) is 6.60. The lowest BCUT2D eigenvalue weighted by Gasteiger charge is -2.14. The van der Waals surface area contributed by atoms with Crippen LogP contribution < -0.4 is 10.1 Å². The summed E-state index contributed by atoms with van der Waals surface area (Å²) in [4.78, 5) is 16.8. The van der Waals surface area contributed by atoms with Crippen LogP contribution in [0.1, 0.15) is 31.4 Å². The number of rotatable bonds is 12. The number of carbonyl (C=O) groups is 1. The van der Waals surface area contributed by atoms with Crippen molar-refractivity contribution < 1.29 is 14.3 Å². The number of carbonyl (C=O) groups excluding carboxylic acids is 1. The molecular formula is C28H31N5O3S. The van der Waals surface area contributed by atoms with Crippen molar-refractivity contribution in [3.8, 4) is 17.1 Å². The van der Waals surface area contributed by atoms with Gasteiger partial charge in [-0.3, -0.25) is 9.78 Å². The van der Waals surface area contributed by atoms with Crippen molar-refractivity contribution in [2.45, 2.75) is 43.3 Å². The lowest BCUT2D eigenvalue weighted by Crippen LogP contribution is -2.07. The number of nitrogens with one attached hydrogen (secondary N) is 1. The molecule has 0 radical (unpaired) electrons. The van der Waals surface area contributed by atoms with E-state index in [1.54, 1.807) is 24.2 Å². The Kier molecular flexibility index (Phi) is 9.15. The second-order valence-corrected chi connectivity index (χ2v) is 9.39. The van der Waals surface area contributed by atoms with Gasteiger partial charge in [-0.05, 0) is 67.1 Å². The zero-order valence-corrected chi connectivity index (χ0v) is 22.1. The molecule has 2 heterocycles. The predicted octanol–water partition coefficient (Wildman–Crippen LogP) is 5.53. The molecule has 0 aliphatic rings. The highest BCUT2D eigenvalue weighted by Crippen LogP contribution is 2.33. The van der Waals surface area contributed by atoms with Crippen molar-refractivity contribution in [3.63, 3.8) is 0 Å². The van der Waals surface area contributed by atoms with E-state index >= 15 is 0 Å². The van der Waals surface area contributed by atoms with E-state index in [1.807, 2.05) is 54.9 Å². The summed E-state index contributed by atoms with van der Waals surface area (Å²) in [5.41, 5.74) is 3.92. The third kappa shape index (κ3) is 7.10. The fraction of sp³-hybridized carbons (Fsp3) is 0.286. The Balaban J connectivity index is 1.44. The molecule has 0 aliphatic carbocycles. The quantitative estimate of drug-likeness (QED) is 0.245. The van der Waals surface area contributed by atoms with Crippen LogP contribution in [0.3, 0.4) is 0 Å². The summed E-state index contributed by atoms with van der Waals surface area (Å²) < 4.78 is 13.1. The van der Waals surface area contributed by atoms with E-state index in [0.29, 0.717) is 19.8 Å². The zero-order valence-electron chi connectivity index (χ0n) is 21.3. The van der Waals surface area contributed by atoms with Crippen LogP contribution in [-0.2, 0) is 29.5 Å². The molecule has 37 heavy (non-hydrogen) atoms. The number of esters is 1. The van der Waals surface area contributed by atoms with E-state index in [9.17, 15) is 4.79 Å². The second-order valence-electron chi connectivity index (χ2n) is 8.35. The van der Waals surface area contributed by atoms with Gasteiger partial charge in [0.25, 0.3) is 0 Å². The smallest absolute Gasteiger partial charge is 0.310 e. The molecule has 4 rings (SSSR count). The van der Waals surface area contributed by atoms with E-state index in [1.165, 1.54) is 0 Å². The minimum absolute atomic E-state index is 0.214. The maximum atomic E-state index is 11.7. The monoisotopic (exact) mass is 517 g/mol. The Morgan fingerprint density at radius 1 is 1.03 bits per heavy atom. The van der Waals surface area contributed by atoms with Crippen LogP contribution in [-0.4, -0.2) is 38.9 Å². The standard InChI is InChI=1S/C28H31N5O3S/c1-4-16-36-25-18-24(37-28-32-31-27(33(28)3)21-12-14-29-15-13-21)11-8-22(25)19-30-23-9-6-20(7-10-23)17-26(34)35-5-2/h6-15,18,30H,4-5,16-17,19H2,1-3H3. The van der Waals surface area contributed by atoms with Gasteiger partial charge in [0.15, 0.2) is 11.0 Å². The Labute approximate surface area is 221 Å². The van der Waals surface area contributed by atoms with E-state index < -0.39 is 0 Å². The Hall–Kier alpha value is -3.85. The predicted molar refractivity (Wildman–Crippen MR) is 145 cm³/mol. The molecule has 1 N–H and O–H groups in total. The molecule has 0 saturated carbocycles. The molecule has 8 nitrogen and oxygen atoms in total. The summed E-state index contributed by atoms with van der Waals surface area (Å²) in [6.07, 6.45) is 4.69. The van der Waals surface area contributed by atoms with Crippen molar-refractivity contribution >= 4 is 23.4 Å². The molecule has 0 spiro atoms. The van der Waals surface area contributed by atoms with Crippen LogP contribution in [0, 0.1) is 0 Å². The largest absolute Gasteiger partial charge is 0.493 e. The van der Waals surface area contributed by atoms with Gasteiger partial charge in [0.05, 0.1) is 19.6 Å². The number of ether oxygens (including phenoxy) is 2. The summed E-state index contributed by atoms with van der Waals surface area (Å²) in [5.74, 6) is 1.42. The topological polar surface area (TPSA) is 91.2 Å². The lowest BCUT2D eigenvalue weighted by molar-refractivity contribution is -0.142. The molecule has 9 heteroatoms. The van der Waals surface area contributed by atoms with Crippen LogP contribution in [0.5, 0.6) is 5.75 Å². The second kappa shape index (κ2) is 12.9. The first-order chi connectivity index (χ1) is 18.1. The van der Waals surface area contributed by atoms with Crippen molar-refractivity contribution in [3.05, 3.63) is 78.1 Å². The molecule has 192 valence electrons. The highest BCUT2D eigenvalue weighted by atomic mass is 32.2. The van der Waals surface area contributed by atoms with E-state index in [4.69, 9.17) is 9.47 Å². The SMILES string of the molecule is CCCOc1cc(Sc2nnc(-c3ccncc3)n2C)ccc1CNc1ccc(CC(=O)OCC)cc1. The Morgan fingerprint density at radius 3 is 2.54 bits per heavy atom. The maximum Gasteiger partial charge on any atom is 0.310 e. The van der Waals surface area contributed by atoms with Crippen LogP contribution >= 0.6 is 11.8 Å². The van der Waals surface area contributed by atoms with E-state index in [0.717, 1.165) is 50.4 Å². The van der Waals surface area contributed by atoms with Crippen molar-refractivity contribution in [2.24, 2.45) is 7.05 Å². The van der Waals surface area contributed by atoms with Crippen molar-refractivity contribution in [1.29, 1.82) is 0 Å². The summed E-state index contributed by atoms with van der Waals surface area (Å²) in [5, 5.41) is 13.0. The van der Waals surface area contributed by atoms with Gasteiger partial charge in [-0.1, -0.05) is 25.1 Å². The first kappa shape index (κ1) is 26.2. The highest BCUT2D eigenvalue weighted by Gasteiger charge is 2.14. The number of benzene rings is 2. The van der Waals surface area contributed by atoms with Gasteiger partial charge in [0, 0.05) is 47.7 Å². The average molecular weight is 518 g/mol.